The van der Waals surface area contributed by atoms with Gasteiger partial charge in [0.2, 0.25) is 0 Å². The number of benzene rings is 2. The first-order valence-electron chi connectivity index (χ1n) is 9.37. The Morgan fingerprint density at radius 1 is 1.00 bits per heavy atom. The summed E-state index contributed by atoms with van der Waals surface area (Å²) < 4.78 is 6.88. The van der Waals surface area contributed by atoms with Crippen molar-refractivity contribution in [3.63, 3.8) is 0 Å². The molecule has 0 radical (unpaired) electrons. The van der Waals surface area contributed by atoms with Crippen molar-refractivity contribution in [2.24, 2.45) is 5.92 Å². The molecule has 0 bridgehead atoms. The number of aliphatic hydroxyl groups excluding tert-OH is 1. The first-order chi connectivity index (χ1) is 12.3. The fourth-order valence-corrected chi connectivity index (χ4v) is 8.28. The molecular weight excluding hydrogens is 336 g/mol. The van der Waals surface area contributed by atoms with E-state index in [0.717, 1.165) is 0 Å². The first kappa shape index (κ1) is 20.6. The van der Waals surface area contributed by atoms with Gasteiger partial charge in [-0.1, -0.05) is 87.5 Å². The summed E-state index contributed by atoms with van der Waals surface area (Å²) in [5, 5.41) is 12.3. The summed E-state index contributed by atoms with van der Waals surface area (Å²) in [5.74, 6) is 0.136. The highest BCUT2D eigenvalue weighted by molar-refractivity contribution is 6.99. The third kappa shape index (κ3) is 4.53. The van der Waals surface area contributed by atoms with Gasteiger partial charge in [-0.3, -0.25) is 0 Å². The number of hydrogen-bond donors (Lipinski definition) is 1. The van der Waals surface area contributed by atoms with Crippen molar-refractivity contribution in [2.45, 2.75) is 45.3 Å². The lowest BCUT2D eigenvalue weighted by Gasteiger charge is -2.43. The van der Waals surface area contributed by atoms with E-state index < -0.39 is 8.32 Å². The molecule has 2 nitrogen and oxygen atoms in total. The van der Waals surface area contributed by atoms with Crippen LogP contribution in [-0.4, -0.2) is 26.1 Å². The minimum atomic E-state index is -2.51. The molecule has 0 aliphatic carbocycles. The second-order valence-electron chi connectivity index (χ2n) is 8.05. The Morgan fingerprint density at radius 3 is 1.81 bits per heavy atom. The van der Waals surface area contributed by atoms with Crippen molar-refractivity contribution in [3.8, 4) is 0 Å². The zero-order chi connectivity index (χ0) is 19.2. The molecule has 0 aromatic heterocycles. The summed E-state index contributed by atoms with van der Waals surface area (Å²) in [6, 6.07) is 21.3. The van der Waals surface area contributed by atoms with Gasteiger partial charge in [0.15, 0.2) is 0 Å². The van der Waals surface area contributed by atoms with Crippen LogP contribution in [0, 0.1) is 5.92 Å². The number of aliphatic hydroxyl groups is 1. The zero-order valence-corrected chi connectivity index (χ0v) is 17.5. The Kier molecular flexibility index (Phi) is 6.99. The molecule has 0 spiro atoms. The van der Waals surface area contributed by atoms with Crippen LogP contribution in [-0.2, 0) is 4.43 Å². The minimum absolute atomic E-state index is 0.0355. The first-order valence-corrected chi connectivity index (χ1v) is 11.3. The van der Waals surface area contributed by atoms with Gasteiger partial charge < -0.3 is 9.53 Å². The van der Waals surface area contributed by atoms with Crippen LogP contribution in [0.3, 0.4) is 0 Å². The number of hydrogen-bond acceptors (Lipinski definition) is 2. The van der Waals surface area contributed by atoms with E-state index in [0.29, 0.717) is 13.0 Å². The molecule has 3 heteroatoms. The van der Waals surface area contributed by atoms with Gasteiger partial charge in [-0.2, -0.15) is 0 Å². The molecule has 0 saturated carbocycles. The molecule has 0 amide bonds. The fraction of sp³-hybridized carbons (Fsp3) is 0.391. The number of rotatable bonds is 8. The Balaban J connectivity index is 2.52. The predicted octanol–water partition coefficient (Wildman–Crippen LogP) is 4.14. The van der Waals surface area contributed by atoms with Crippen molar-refractivity contribution in [3.05, 3.63) is 73.3 Å². The van der Waals surface area contributed by atoms with Crippen LogP contribution in [0.5, 0.6) is 0 Å². The SMILES string of the molecule is C=C[C@H](CO[Si](c1ccccc1)(c1ccccc1)C(C)(C)C)C[C@@H](C)O. The van der Waals surface area contributed by atoms with E-state index >= 15 is 0 Å². The Bertz CT molecular complexity index is 635. The minimum Gasteiger partial charge on any atom is -0.407 e. The Morgan fingerprint density at radius 2 is 1.46 bits per heavy atom. The second kappa shape index (κ2) is 8.80. The lowest BCUT2D eigenvalue weighted by Crippen LogP contribution is -2.66. The van der Waals surface area contributed by atoms with E-state index in [1.807, 2.05) is 13.0 Å². The van der Waals surface area contributed by atoms with Gasteiger partial charge in [0, 0.05) is 12.5 Å². The molecule has 2 atom stereocenters. The summed E-state index contributed by atoms with van der Waals surface area (Å²) in [6.07, 6.45) is 2.22. The topological polar surface area (TPSA) is 29.5 Å². The normalized spacial score (nSPS) is 14.7. The van der Waals surface area contributed by atoms with Crippen LogP contribution >= 0.6 is 0 Å². The monoisotopic (exact) mass is 368 g/mol. The van der Waals surface area contributed by atoms with Gasteiger partial charge in [0.05, 0.1) is 6.10 Å². The van der Waals surface area contributed by atoms with Crippen molar-refractivity contribution < 1.29 is 9.53 Å². The molecule has 1 N–H and O–H groups in total. The summed E-state index contributed by atoms with van der Waals surface area (Å²) in [7, 11) is -2.51. The van der Waals surface area contributed by atoms with Gasteiger partial charge in [-0.25, -0.2) is 0 Å². The molecule has 0 heterocycles. The van der Waals surface area contributed by atoms with Gasteiger partial charge >= 0.3 is 0 Å². The van der Waals surface area contributed by atoms with E-state index in [2.05, 4.69) is 88.0 Å². The van der Waals surface area contributed by atoms with E-state index in [9.17, 15) is 5.11 Å². The predicted molar refractivity (Wildman–Crippen MR) is 114 cm³/mol. The van der Waals surface area contributed by atoms with E-state index in [4.69, 9.17) is 4.43 Å². The van der Waals surface area contributed by atoms with E-state index in [1.165, 1.54) is 10.4 Å². The van der Waals surface area contributed by atoms with Crippen LogP contribution in [0.25, 0.3) is 0 Å². The Hall–Kier alpha value is -1.68. The highest BCUT2D eigenvalue weighted by atomic mass is 28.4. The van der Waals surface area contributed by atoms with E-state index in [1.54, 1.807) is 0 Å². The van der Waals surface area contributed by atoms with Crippen molar-refractivity contribution in [1.82, 2.24) is 0 Å². The largest absolute Gasteiger partial charge is 0.407 e. The van der Waals surface area contributed by atoms with Gasteiger partial charge in [0.1, 0.15) is 0 Å². The molecule has 0 aliphatic rings. The quantitative estimate of drug-likeness (QED) is 0.561. The van der Waals surface area contributed by atoms with Gasteiger partial charge in [-0.15, -0.1) is 6.58 Å². The van der Waals surface area contributed by atoms with Crippen LogP contribution in [0.15, 0.2) is 73.3 Å². The average Bonchev–Trinajstić information content (AvgIpc) is 2.61. The van der Waals surface area contributed by atoms with Crippen LogP contribution in [0.4, 0.5) is 0 Å². The molecule has 2 aromatic rings. The average molecular weight is 369 g/mol. The Labute approximate surface area is 159 Å². The molecule has 0 aliphatic heterocycles. The van der Waals surface area contributed by atoms with Crippen molar-refractivity contribution >= 4 is 18.7 Å². The second-order valence-corrected chi connectivity index (χ2v) is 12.4. The zero-order valence-electron chi connectivity index (χ0n) is 16.5. The molecule has 2 aromatic carbocycles. The lowest BCUT2D eigenvalue weighted by molar-refractivity contribution is 0.148. The maximum Gasteiger partial charge on any atom is 0.261 e. The third-order valence-electron chi connectivity index (χ3n) is 4.91. The molecule has 0 fully saturated rings. The highest BCUT2D eigenvalue weighted by Gasteiger charge is 2.50. The summed E-state index contributed by atoms with van der Waals surface area (Å²) in [4.78, 5) is 0. The maximum absolute atomic E-state index is 9.79. The molecule has 2 rings (SSSR count). The third-order valence-corrected chi connectivity index (χ3v) is 9.91. The van der Waals surface area contributed by atoms with Crippen LogP contribution in [0.2, 0.25) is 5.04 Å². The lowest BCUT2D eigenvalue weighted by atomic mass is 10.0. The van der Waals surface area contributed by atoms with Gasteiger partial charge in [-0.05, 0) is 28.8 Å². The fourth-order valence-electron chi connectivity index (χ4n) is 3.66. The van der Waals surface area contributed by atoms with Crippen LogP contribution in [0.1, 0.15) is 34.1 Å². The molecule has 26 heavy (non-hydrogen) atoms. The molecule has 0 unspecified atom stereocenters. The molecule has 140 valence electrons. The van der Waals surface area contributed by atoms with Crippen LogP contribution < -0.4 is 10.4 Å². The van der Waals surface area contributed by atoms with E-state index in [-0.39, 0.29) is 17.1 Å². The summed E-state index contributed by atoms with van der Waals surface area (Å²) in [5.41, 5.74) is 0. The van der Waals surface area contributed by atoms with Crippen molar-refractivity contribution in [2.75, 3.05) is 6.61 Å². The van der Waals surface area contributed by atoms with Crippen molar-refractivity contribution in [1.29, 1.82) is 0 Å². The summed E-state index contributed by atoms with van der Waals surface area (Å²) in [6.45, 7) is 13.2. The molecule has 0 saturated heterocycles. The highest BCUT2D eigenvalue weighted by Crippen LogP contribution is 2.37. The van der Waals surface area contributed by atoms with Gasteiger partial charge in [0.25, 0.3) is 8.32 Å². The standard InChI is InChI=1S/C23H32O2Si/c1-6-20(17-19(2)24)18-25-26(23(3,4)5,21-13-9-7-10-14-21)22-15-11-8-12-16-22/h6-16,19-20,24H,1,17-18H2,2-5H3/t19-,20+/m1/s1. The smallest absolute Gasteiger partial charge is 0.261 e. The molecular formula is C23H32O2Si. The summed E-state index contributed by atoms with van der Waals surface area (Å²) >= 11 is 0. The maximum atomic E-state index is 9.79.